The Balaban J connectivity index is 2.30. The van der Waals surface area contributed by atoms with E-state index in [1.54, 1.807) is 25.1 Å². The molecule has 1 aromatic rings. The van der Waals surface area contributed by atoms with Gasteiger partial charge in [0.15, 0.2) is 12.4 Å². The number of hydrogen-bond donors (Lipinski definition) is 2. The highest BCUT2D eigenvalue weighted by molar-refractivity contribution is 5.99. The lowest BCUT2D eigenvalue weighted by molar-refractivity contribution is -0.118. The normalized spacial score (nSPS) is 13.4. The van der Waals surface area contributed by atoms with Crippen molar-refractivity contribution < 1.29 is 14.3 Å². The van der Waals surface area contributed by atoms with E-state index in [1.165, 1.54) is 0 Å². The van der Waals surface area contributed by atoms with Gasteiger partial charge in [-0.05, 0) is 12.1 Å². The fourth-order valence-electron chi connectivity index (χ4n) is 1.45. The van der Waals surface area contributed by atoms with Crippen molar-refractivity contribution in [2.75, 3.05) is 17.2 Å². The first-order chi connectivity index (χ1) is 7.70. The summed E-state index contributed by atoms with van der Waals surface area (Å²) in [5.74, 6) is 0.240. The van der Waals surface area contributed by atoms with E-state index in [2.05, 4.69) is 10.6 Å². The van der Waals surface area contributed by atoms with Crippen molar-refractivity contribution in [3.8, 4) is 5.75 Å². The quantitative estimate of drug-likeness (QED) is 0.790. The van der Waals surface area contributed by atoms with E-state index in [0.29, 0.717) is 23.5 Å². The van der Waals surface area contributed by atoms with Gasteiger partial charge in [-0.2, -0.15) is 0 Å². The van der Waals surface area contributed by atoms with Gasteiger partial charge >= 0.3 is 0 Å². The Kier molecular flexibility index (Phi) is 2.76. The molecule has 1 aliphatic heterocycles. The van der Waals surface area contributed by atoms with Crippen LogP contribution in [0, 0.1) is 0 Å². The maximum atomic E-state index is 11.3. The minimum absolute atomic E-state index is 0.0218. The van der Waals surface area contributed by atoms with Crippen molar-refractivity contribution in [2.45, 2.75) is 13.3 Å². The molecule has 0 fully saturated rings. The molecule has 5 nitrogen and oxygen atoms in total. The Bertz CT molecular complexity index is 443. The second kappa shape index (κ2) is 4.22. The molecular weight excluding hydrogens is 208 g/mol. The number of benzene rings is 1. The van der Waals surface area contributed by atoms with Crippen molar-refractivity contribution in [3.63, 3.8) is 0 Å². The van der Waals surface area contributed by atoms with Crippen LogP contribution in [0.15, 0.2) is 18.2 Å². The largest absolute Gasteiger partial charge is 0.479 e. The summed E-state index contributed by atoms with van der Waals surface area (Å²) in [5, 5.41) is 5.40. The Hall–Kier alpha value is -2.04. The van der Waals surface area contributed by atoms with Gasteiger partial charge in [-0.15, -0.1) is 0 Å². The van der Waals surface area contributed by atoms with E-state index >= 15 is 0 Å². The zero-order valence-electron chi connectivity index (χ0n) is 8.87. The van der Waals surface area contributed by atoms with Crippen LogP contribution in [-0.4, -0.2) is 18.4 Å². The number of anilines is 2. The van der Waals surface area contributed by atoms with E-state index in [1.807, 2.05) is 0 Å². The Morgan fingerprint density at radius 1 is 1.56 bits per heavy atom. The van der Waals surface area contributed by atoms with Gasteiger partial charge in [0, 0.05) is 6.42 Å². The third-order valence-corrected chi connectivity index (χ3v) is 2.23. The Morgan fingerprint density at radius 3 is 3.12 bits per heavy atom. The Morgan fingerprint density at radius 2 is 2.38 bits per heavy atom. The van der Waals surface area contributed by atoms with Crippen molar-refractivity contribution >= 4 is 23.2 Å². The van der Waals surface area contributed by atoms with Gasteiger partial charge < -0.3 is 15.4 Å². The number of nitrogens with one attached hydrogen (secondary N) is 2. The molecule has 0 aliphatic carbocycles. The number of rotatable bonds is 2. The molecule has 0 radical (unpaired) electrons. The molecule has 2 amide bonds. The molecule has 2 rings (SSSR count). The van der Waals surface area contributed by atoms with Gasteiger partial charge in [0.05, 0.1) is 11.4 Å². The van der Waals surface area contributed by atoms with Gasteiger partial charge in [-0.25, -0.2) is 0 Å². The zero-order valence-corrected chi connectivity index (χ0v) is 8.87. The first kappa shape index (κ1) is 10.5. The third kappa shape index (κ3) is 1.98. The second-order valence-electron chi connectivity index (χ2n) is 3.42. The van der Waals surface area contributed by atoms with Gasteiger partial charge in [-0.3, -0.25) is 9.59 Å². The lowest BCUT2D eigenvalue weighted by atomic mass is 10.2. The van der Waals surface area contributed by atoms with Crippen LogP contribution in [0.5, 0.6) is 5.75 Å². The Labute approximate surface area is 92.8 Å². The SMILES string of the molecule is CCC(=O)Nc1cccc2c1OCC(=O)N2. The molecule has 84 valence electrons. The summed E-state index contributed by atoms with van der Waals surface area (Å²) in [7, 11) is 0. The molecule has 1 aromatic carbocycles. The third-order valence-electron chi connectivity index (χ3n) is 2.23. The predicted molar refractivity (Wildman–Crippen MR) is 59.5 cm³/mol. The average molecular weight is 220 g/mol. The minimum Gasteiger partial charge on any atom is -0.479 e. The van der Waals surface area contributed by atoms with Crippen molar-refractivity contribution in [3.05, 3.63) is 18.2 Å². The van der Waals surface area contributed by atoms with E-state index in [-0.39, 0.29) is 18.4 Å². The summed E-state index contributed by atoms with van der Waals surface area (Å²) in [6.45, 7) is 1.75. The van der Waals surface area contributed by atoms with E-state index in [9.17, 15) is 9.59 Å². The summed E-state index contributed by atoms with van der Waals surface area (Å²) >= 11 is 0. The second-order valence-corrected chi connectivity index (χ2v) is 3.42. The van der Waals surface area contributed by atoms with Crippen molar-refractivity contribution in [1.29, 1.82) is 0 Å². The molecule has 16 heavy (non-hydrogen) atoms. The van der Waals surface area contributed by atoms with Crippen LogP contribution >= 0.6 is 0 Å². The summed E-state index contributed by atoms with van der Waals surface area (Å²) < 4.78 is 5.29. The molecule has 0 aromatic heterocycles. The molecule has 0 unspecified atom stereocenters. The highest BCUT2D eigenvalue weighted by Crippen LogP contribution is 2.35. The topological polar surface area (TPSA) is 67.4 Å². The van der Waals surface area contributed by atoms with Crippen LogP contribution in [0.2, 0.25) is 0 Å². The van der Waals surface area contributed by atoms with Gasteiger partial charge in [-0.1, -0.05) is 13.0 Å². The van der Waals surface area contributed by atoms with Crippen LogP contribution in [0.4, 0.5) is 11.4 Å². The summed E-state index contributed by atoms with van der Waals surface area (Å²) in [6.07, 6.45) is 0.399. The standard InChI is InChI=1S/C11H12N2O3/c1-2-9(14)12-7-4-3-5-8-11(7)16-6-10(15)13-8/h3-5H,2,6H2,1H3,(H,12,14)(H,13,15). The van der Waals surface area contributed by atoms with Gasteiger partial charge in [0.25, 0.3) is 5.91 Å². The maximum absolute atomic E-state index is 11.3. The molecular formula is C11H12N2O3. The highest BCUT2D eigenvalue weighted by atomic mass is 16.5. The average Bonchev–Trinajstić information content (AvgIpc) is 2.28. The predicted octanol–water partition coefficient (Wildman–Crippen LogP) is 1.37. The molecule has 0 saturated carbocycles. The van der Waals surface area contributed by atoms with Crippen LogP contribution in [-0.2, 0) is 9.59 Å². The number of amides is 2. The smallest absolute Gasteiger partial charge is 0.262 e. The highest BCUT2D eigenvalue weighted by Gasteiger charge is 2.19. The number of carbonyl (C=O) groups excluding carboxylic acids is 2. The zero-order chi connectivity index (χ0) is 11.5. The number of fused-ring (bicyclic) bond motifs is 1. The van der Waals surface area contributed by atoms with Crippen molar-refractivity contribution in [2.24, 2.45) is 0 Å². The molecule has 0 bridgehead atoms. The van der Waals surface area contributed by atoms with Gasteiger partial charge in [0.2, 0.25) is 5.91 Å². The lowest BCUT2D eigenvalue weighted by Gasteiger charge is -2.20. The maximum Gasteiger partial charge on any atom is 0.262 e. The molecule has 2 N–H and O–H groups in total. The number of carbonyl (C=O) groups is 2. The van der Waals surface area contributed by atoms with E-state index in [0.717, 1.165) is 0 Å². The minimum atomic E-state index is -0.188. The summed E-state index contributed by atoms with van der Waals surface area (Å²) in [6, 6.07) is 5.22. The molecule has 0 atom stereocenters. The fraction of sp³-hybridized carbons (Fsp3) is 0.273. The van der Waals surface area contributed by atoms with Crippen LogP contribution in [0.25, 0.3) is 0 Å². The number of para-hydroxylation sites is 1. The van der Waals surface area contributed by atoms with Crippen LogP contribution < -0.4 is 15.4 Å². The first-order valence-electron chi connectivity index (χ1n) is 5.06. The molecule has 5 heteroatoms. The molecule has 1 heterocycles. The van der Waals surface area contributed by atoms with Crippen LogP contribution in [0.1, 0.15) is 13.3 Å². The van der Waals surface area contributed by atoms with E-state index in [4.69, 9.17) is 4.74 Å². The number of hydrogen-bond acceptors (Lipinski definition) is 3. The molecule has 1 aliphatic rings. The summed E-state index contributed by atoms with van der Waals surface area (Å²) in [4.78, 5) is 22.4. The first-order valence-corrected chi connectivity index (χ1v) is 5.06. The summed E-state index contributed by atoms with van der Waals surface area (Å²) in [5.41, 5.74) is 1.18. The van der Waals surface area contributed by atoms with Gasteiger partial charge in [0.1, 0.15) is 0 Å². The monoisotopic (exact) mass is 220 g/mol. The van der Waals surface area contributed by atoms with Crippen LogP contribution in [0.3, 0.4) is 0 Å². The molecule has 0 spiro atoms. The lowest BCUT2D eigenvalue weighted by Crippen LogP contribution is -2.26. The number of ether oxygens (including phenoxy) is 1. The molecule has 0 saturated heterocycles. The van der Waals surface area contributed by atoms with Crippen molar-refractivity contribution in [1.82, 2.24) is 0 Å². The van der Waals surface area contributed by atoms with E-state index < -0.39 is 0 Å². The fourth-order valence-corrected chi connectivity index (χ4v) is 1.45.